The molecule has 0 fully saturated rings. The lowest BCUT2D eigenvalue weighted by atomic mass is 10.3. The fourth-order valence-corrected chi connectivity index (χ4v) is 2.25. The van der Waals surface area contributed by atoms with Crippen LogP contribution in [-0.2, 0) is 6.61 Å². The summed E-state index contributed by atoms with van der Waals surface area (Å²) in [5, 5.41) is 2.11. The van der Waals surface area contributed by atoms with E-state index in [0.717, 1.165) is 11.4 Å². The Hall–Kier alpha value is -2.12. The number of hydrogen-bond acceptors (Lipinski definition) is 6. The fourth-order valence-electron chi connectivity index (χ4n) is 1.55. The van der Waals surface area contributed by atoms with E-state index in [2.05, 4.69) is 10.4 Å². The van der Waals surface area contributed by atoms with Crippen LogP contribution >= 0.6 is 11.3 Å². The number of nitrogens with two attached hydrogens (primary N) is 1. The highest BCUT2D eigenvalue weighted by Crippen LogP contribution is 2.20. The van der Waals surface area contributed by atoms with Crippen molar-refractivity contribution < 1.29 is 9.53 Å². The lowest BCUT2D eigenvalue weighted by Gasteiger charge is -2.13. The van der Waals surface area contributed by atoms with Crippen LogP contribution in [0.5, 0.6) is 5.75 Å². The first-order chi connectivity index (χ1) is 9.60. The molecule has 2 rings (SSSR count). The van der Waals surface area contributed by atoms with Crippen LogP contribution in [0.2, 0.25) is 0 Å². The molecule has 0 spiro atoms. The number of carbonyl (C=O) groups excluding carboxylic acids is 1. The Bertz CT molecular complexity index is 598. The number of hydrazine groups is 1. The van der Waals surface area contributed by atoms with Gasteiger partial charge in [-0.05, 0) is 12.1 Å². The van der Waals surface area contributed by atoms with Crippen molar-refractivity contribution in [2.75, 3.05) is 19.0 Å². The van der Waals surface area contributed by atoms with E-state index >= 15 is 0 Å². The summed E-state index contributed by atoms with van der Waals surface area (Å²) in [6.07, 6.45) is 0. The van der Waals surface area contributed by atoms with E-state index in [1.807, 2.05) is 43.3 Å². The molecule has 20 heavy (non-hydrogen) atoms. The highest BCUT2D eigenvalue weighted by Gasteiger charge is 2.09. The minimum Gasteiger partial charge on any atom is -0.487 e. The molecule has 1 amide bonds. The summed E-state index contributed by atoms with van der Waals surface area (Å²) in [6.45, 7) is 0.311. The van der Waals surface area contributed by atoms with Gasteiger partial charge in [0, 0.05) is 31.2 Å². The zero-order chi connectivity index (χ0) is 14.5. The van der Waals surface area contributed by atoms with E-state index in [9.17, 15) is 4.79 Å². The maximum absolute atomic E-state index is 11.3. The van der Waals surface area contributed by atoms with Crippen molar-refractivity contribution in [1.82, 2.24) is 10.4 Å². The minimum absolute atomic E-state index is 0.311. The van der Waals surface area contributed by atoms with Crippen LogP contribution in [-0.4, -0.2) is 25.0 Å². The summed E-state index contributed by atoms with van der Waals surface area (Å²) >= 11 is 1.23. The summed E-state index contributed by atoms with van der Waals surface area (Å²) in [4.78, 5) is 17.4. The molecule has 0 saturated heterocycles. The van der Waals surface area contributed by atoms with E-state index < -0.39 is 5.91 Å². The molecular formula is C13H16N4O2S. The van der Waals surface area contributed by atoms with Gasteiger partial charge < -0.3 is 9.64 Å². The first-order valence-corrected chi connectivity index (χ1v) is 6.83. The average molecular weight is 292 g/mol. The number of benzene rings is 1. The number of ether oxygens (including phenoxy) is 1. The summed E-state index contributed by atoms with van der Waals surface area (Å²) in [5.74, 6) is 5.42. The van der Waals surface area contributed by atoms with Crippen molar-refractivity contribution in [2.45, 2.75) is 6.61 Å². The molecule has 0 saturated carbocycles. The quantitative estimate of drug-likeness (QED) is 0.494. The highest BCUT2D eigenvalue weighted by atomic mass is 32.1. The fraction of sp³-hybridized carbons (Fsp3) is 0.231. The number of amides is 1. The SMILES string of the molecule is CN(C)c1cccc(OCc2csc(C(=O)NN)n2)c1. The molecule has 106 valence electrons. The largest absolute Gasteiger partial charge is 0.487 e. The highest BCUT2D eigenvalue weighted by molar-refractivity contribution is 7.11. The van der Waals surface area contributed by atoms with E-state index in [4.69, 9.17) is 10.6 Å². The molecule has 0 bridgehead atoms. The van der Waals surface area contributed by atoms with Gasteiger partial charge in [-0.15, -0.1) is 11.3 Å². The molecule has 0 radical (unpaired) electrons. The summed E-state index contributed by atoms with van der Waals surface area (Å²) < 4.78 is 5.66. The van der Waals surface area contributed by atoms with Gasteiger partial charge in [-0.1, -0.05) is 6.07 Å². The molecule has 0 aliphatic rings. The van der Waals surface area contributed by atoms with Crippen LogP contribution in [0.3, 0.4) is 0 Å². The van der Waals surface area contributed by atoms with Crippen molar-refractivity contribution in [1.29, 1.82) is 0 Å². The Balaban J connectivity index is 2.00. The van der Waals surface area contributed by atoms with Crippen molar-refractivity contribution in [3.8, 4) is 5.75 Å². The van der Waals surface area contributed by atoms with Crippen LogP contribution in [0, 0.1) is 0 Å². The van der Waals surface area contributed by atoms with Crippen molar-refractivity contribution >= 4 is 22.9 Å². The van der Waals surface area contributed by atoms with Gasteiger partial charge in [-0.2, -0.15) is 0 Å². The number of hydrogen-bond donors (Lipinski definition) is 2. The zero-order valence-electron chi connectivity index (χ0n) is 11.3. The summed E-state index contributed by atoms with van der Waals surface area (Å²) in [7, 11) is 3.94. The van der Waals surface area contributed by atoms with Gasteiger partial charge in [0.15, 0.2) is 5.01 Å². The number of rotatable bonds is 5. The lowest BCUT2D eigenvalue weighted by Crippen LogP contribution is -2.29. The van der Waals surface area contributed by atoms with Crippen molar-refractivity contribution in [2.24, 2.45) is 5.84 Å². The molecular weight excluding hydrogens is 276 g/mol. The Kier molecular flexibility index (Phi) is 4.54. The van der Waals surface area contributed by atoms with E-state index in [-0.39, 0.29) is 0 Å². The second-order valence-corrected chi connectivity index (χ2v) is 5.16. The van der Waals surface area contributed by atoms with Crippen LogP contribution in [0.25, 0.3) is 0 Å². The first kappa shape index (κ1) is 14.3. The van der Waals surface area contributed by atoms with Gasteiger partial charge >= 0.3 is 0 Å². The Morgan fingerprint density at radius 2 is 2.30 bits per heavy atom. The third kappa shape index (κ3) is 3.46. The van der Waals surface area contributed by atoms with E-state index in [1.165, 1.54) is 11.3 Å². The third-order valence-electron chi connectivity index (χ3n) is 2.60. The van der Waals surface area contributed by atoms with Gasteiger partial charge in [0.1, 0.15) is 12.4 Å². The minimum atomic E-state index is -0.393. The molecule has 3 N–H and O–H groups in total. The number of anilines is 1. The lowest BCUT2D eigenvalue weighted by molar-refractivity contribution is 0.0953. The molecule has 0 atom stereocenters. The number of nitrogens with zero attached hydrogens (tertiary/aromatic N) is 2. The van der Waals surface area contributed by atoms with Gasteiger partial charge in [-0.25, -0.2) is 10.8 Å². The Labute approximate surface area is 121 Å². The van der Waals surface area contributed by atoms with E-state index in [0.29, 0.717) is 17.3 Å². The second kappa shape index (κ2) is 6.36. The van der Waals surface area contributed by atoms with Crippen LogP contribution < -0.4 is 20.9 Å². The molecule has 1 aromatic heterocycles. The van der Waals surface area contributed by atoms with Crippen LogP contribution in [0.4, 0.5) is 5.69 Å². The molecule has 1 aromatic carbocycles. The number of nitrogens with one attached hydrogen (secondary N) is 1. The number of carbonyl (C=O) groups is 1. The predicted octanol–water partition coefficient (Wildman–Crippen LogP) is 1.39. The number of nitrogen functional groups attached to an aromatic ring is 1. The molecule has 2 aromatic rings. The monoisotopic (exact) mass is 292 g/mol. The van der Waals surface area contributed by atoms with Gasteiger partial charge in [0.05, 0.1) is 5.69 Å². The zero-order valence-corrected chi connectivity index (χ0v) is 12.1. The maximum Gasteiger partial charge on any atom is 0.294 e. The van der Waals surface area contributed by atoms with Gasteiger partial charge in [0.25, 0.3) is 5.91 Å². The first-order valence-electron chi connectivity index (χ1n) is 5.95. The third-order valence-corrected chi connectivity index (χ3v) is 3.49. The average Bonchev–Trinajstić information content (AvgIpc) is 2.93. The standard InChI is InChI=1S/C13H16N4O2S/c1-17(2)10-4-3-5-11(6-10)19-7-9-8-20-13(15-9)12(18)16-14/h3-6,8H,7,14H2,1-2H3,(H,16,18). The Morgan fingerprint density at radius 3 is 3.00 bits per heavy atom. The summed E-state index contributed by atoms with van der Waals surface area (Å²) in [5.41, 5.74) is 3.81. The second-order valence-electron chi connectivity index (χ2n) is 4.30. The van der Waals surface area contributed by atoms with Gasteiger partial charge in [0.2, 0.25) is 0 Å². The van der Waals surface area contributed by atoms with Crippen molar-refractivity contribution in [3.05, 3.63) is 40.3 Å². The molecule has 0 aliphatic carbocycles. The van der Waals surface area contributed by atoms with Crippen LogP contribution in [0.15, 0.2) is 29.6 Å². The molecule has 1 heterocycles. The predicted molar refractivity (Wildman–Crippen MR) is 78.9 cm³/mol. The molecule has 6 nitrogen and oxygen atoms in total. The molecule has 7 heteroatoms. The molecule has 0 unspecified atom stereocenters. The normalized spacial score (nSPS) is 10.2. The van der Waals surface area contributed by atoms with Crippen molar-refractivity contribution in [3.63, 3.8) is 0 Å². The number of thiazole rings is 1. The maximum atomic E-state index is 11.3. The van der Waals surface area contributed by atoms with Crippen LogP contribution in [0.1, 0.15) is 15.5 Å². The summed E-state index contributed by atoms with van der Waals surface area (Å²) in [6, 6.07) is 7.76. The van der Waals surface area contributed by atoms with E-state index in [1.54, 1.807) is 5.38 Å². The smallest absolute Gasteiger partial charge is 0.294 e. The Morgan fingerprint density at radius 1 is 1.50 bits per heavy atom. The van der Waals surface area contributed by atoms with Gasteiger partial charge in [-0.3, -0.25) is 10.2 Å². The number of aromatic nitrogens is 1. The molecule has 0 aliphatic heterocycles. The topological polar surface area (TPSA) is 80.5 Å².